The first-order chi connectivity index (χ1) is 11.8. The van der Waals surface area contributed by atoms with Crippen molar-refractivity contribution >= 4 is 42.8 Å². The molecule has 0 saturated heterocycles. The Morgan fingerprint density at radius 3 is 2.52 bits per heavy atom. The Kier molecular flexibility index (Phi) is 4.68. The van der Waals surface area contributed by atoms with Gasteiger partial charge in [0.05, 0.1) is 4.90 Å². The monoisotopic (exact) mass is 422 g/mol. The standard InChI is InChI=1S/C17H15BrN2O4S/c1-10-9-12(7-8-14(10)18)25(22,23)20-19-17(21)16-11(2)13-5-3-4-6-15(13)24-16/h3-9,20H,1-2H3,(H,19,21). The first kappa shape index (κ1) is 17.7. The summed E-state index contributed by atoms with van der Waals surface area (Å²) in [7, 11) is -3.89. The van der Waals surface area contributed by atoms with Crippen LogP contribution < -0.4 is 10.3 Å². The van der Waals surface area contributed by atoms with E-state index in [0.29, 0.717) is 11.1 Å². The largest absolute Gasteiger partial charge is 0.451 e. The average Bonchev–Trinajstić information content (AvgIpc) is 2.92. The minimum atomic E-state index is -3.89. The van der Waals surface area contributed by atoms with Gasteiger partial charge >= 0.3 is 5.91 Å². The van der Waals surface area contributed by atoms with Gasteiger partial charge in [-0.15, -0.1) is 4.83 Å². The van der Waals surface area contributed by atoms with Gasteiger partial charge in [-0.1, -0.05) is 34.1 Å². The van der Waals surface area contributed by atoms with Crippen LogP contribution in [0.3, 0.4) is 0 Å². The molecule has 3 rings (SSSR count). The first-order valence-electron chi connectivity index (χ1n) is 7.36. The van der Waals surface area contributed by atoms with E-state index in [2.05, 4.69) is 26.2 Å². The van der Waals surface area contributed by atoms with Crippen LogP contribution in [-0.2, 0) is 10.0 Å². The fourth-order valence-electron chi connectivity index (χ4n) is 2.40. The SMILES string of the molecule is Cc1cc(S(=O)(=O)NNC(=O)c2oc3ccccc3c2C)ccc1Br. The van der Waals surface area contributed by atoms with E-state index in [1.807, 2.05) is 12.1 Å². The fraction of sp³-hybridized carbons (Fsp3) is 0.118. The van der Waals surface area contributed by atoms with Crippen LogP contribution in [0.15, 0.2) is 56.2 Å². The van der Waals surface area contributed by atoms with E-state index in [1.165, 1.54) is 12.1 Å². The number of para-hydroxylation sites is 1. The molecule has 0 atom stereocenters. The Morgan fingerprint density at radius 2 is 1.84 bits per heavy atom. The number of sulfonamides is 1. The van der Waals surface area contributed by atoms with Crippen molar-refractivity contribution in [1.29, 1.82) is 0 Å². The normalized spacial score (nSPS) is 11.6. The molecule has 2 N–H and O–H groups in total. The van der Waals surface area contributed by atoms with Crippen molar-refractivity contribution in [2.24, 2.45) is 0 Å². The second-order valence-electron chi connectivity index (χ2n) is 5.52. The molecule has 0 fully saturated rings. The molecule has 130 valence electrons. The van der Waals surface area contributed by atoms with E-state index in [9.17, 15) is 13.2 Å². The van der Waals surface area contributed by atoms with Crippen LogP contribution in [0.2, 0.25) is 0 Å². The summed E-state index contributed by atoms with van der Waals surface area (Å²) in [6.07, 6.45) is 0. The third-order valence-electron chi connectivity index (χ3n) is 3.79. The van der Waals surface area contributed by atoms with E-state index < -0.39 is 15.9 Å². The molecule has 0 aliphatic carbocycles. The summed E-state index contributed by atoms with van der Waals surface area (Å²) >= 11 is 3.32. The molecular formula is C17H15BrN2O4S. The van der Waals surface area contributed by atoms with Gasteiger partial charge in [-0.2, -0.15) is 0 Å². The Labute approximate surface area is 153 Å². The molecule has 1 aromatic heterocycles. The maximum absolute atomic E-state index is 12.3. The van der Waals surface area contributed by atoms with Crippen molar-refractivity contribution in [3.05, 3.63) is 63.8 Å². The molecule has 0 aliphatic heterocycles. The summed E-state index contributed by atoms with van der Waals surface area (Å²) in [5.74, 6) is -0.595. The molecule has 25 heavy (non-hydrogen) atoms. The third kappa shape index (κ3) is 3.46. The predicted octanol–water partition coefficient (Wildman–Crippen LogP) is 3.44. The number of carbonyl (C=O) groups excluding carboxylic acids is 1. The molecule has 0 bridgehead atoms. The molecule has 0 spiro atoms. The predicted molar refractivity (Wildman–Crippen MR) is 97.6 cm³/mol. The molecule has 8 heteroatoms. The molecule has 0 unspecified atom stereocenters. The lowest BCUT2D eigenvalue weighted by atomic mass is 10.1. The number of furan rings is 1. The number of carbonyl (C=O) groups is 1. The van der Waals surface area contributed by atoms with Gasteiger partial charge in [-0.25, -0.2) is 8.42 Å². The van der Waals surface area contributed by atoms with Crippen LogP contribution in [0.1, 0.15) is 21.7 Å². The van der Waals surface area contributed by atoms with Crippen LogP contribution in [0.5, 0.6) is 0 Å². The number of halogens is 1. The van der Waals surface area contributed by atoms with Gasteiger partial charge in [0.2, 0.25) is 0 Å². The number of fused-ring (bicyclic) bond motifs is 1. The van der Waals surface area contributed by atoms with Crippen molar-refractivity contribution in [1.82, 2.24) is 10.3 Å². The van der Waals surface area contributed by atoms with Crippen LogP contribution in [-0.4, -0.2) is 14.3 Å². The topological polar surface area (TPSA) is 88.4 Å². The average molecular weight is 423 g/mol. The van der Waals surface area contributed by atoms with E-state index in [1.54, 1.807) is 32.0 Å². The Hall–Kier alpha value is -2.16. The molecular weight excluding hydrogens is 408 g/mol. The van der Waals surface area contributed by atoms with Crippen molar-refractivity contribution < 1.29 is 17.6 Å². The number of amides is 1. The second-order valence-corrected chi connectivity index (χ2v) is 8.06. The van der Waals surface area contributed by atoms with Crippen LogP contribution in [0.4, 0.5) is 0 Å². The van der Waals surface area contributed by atoms with Gasteiger partial charge < -0.3 is 4.42 Å². The molecule has 0 saturated carbocycles. The zero-order valence-corrected chi connectivity index (χ0v) is 15.9. The van der Waals surface area contributed by atoms with Crippen molar-refractivity contribution in [3.8, 4) is 0 Å². The van der Waals surface area contributed by atoms with Gasteiger partial charge in [-0.3, -0.25) is 10.2 Å². The van der Waals surface area contributed by atoms with Crippen molar-refractivity contribution in [2.45, 2.75) is 18.7 Å². The minimum absolute atomic E-state index is 0.0508. The molecule has 1 amide bonds. The number of hydrogen-bond donors (Lipinski definition) is 2. The van der Waals surface area contributed by atoms with Gasteiger partial charge in [0.1, 0.15) is 5.58 Å². The molecule has 0 aliphatic rings. The van der Waals surface area contributed by atoms with E-state index in [0.717, 1.165) is 15.4 Å². The highest BCUT2D eigenvalue weighted by molar-refractivity contribution is 9.10. The first-order valence-corrected chi connectivity index (χ1v) is 9.63. The number of hydrazine groups is 1. The Balaban J connectivity index is 1.81. The van der Waals surface area contributed by atoms with Crippen molar-refractivity contribution in [2.75, 3.05) is 0 Å². The zero-order chi connectivity index (χ0) is 18.2. The lowest BCUT2D eigenvalue weighted by Gasteiger charge is -2.09. The van der Waals surface area contributed by atoms with Gasteiger partial charge in [-0.05, 0) is 43.7 Å². The summed E-state index contributed by atoms with van der Waals surface area (Å²) in [5.41, 5.74) is 4.17. The van der Waals surface area contributed by atoms with E-state index in [-0.39, 0.29) is 10.7 Å². The molecule has 0 radical (unpaired) electrons. The lowest BCUT2D eigenvalue weighted by Crippen LogP contribution is -2.41. The Morgan fingerprint density at radius 1 is 1.12 bits per heavy atom. The molecule has 6 nitrogen and oxygen atoms in total. The smallest absolute Gasteiger partial charge is 0.302 e. The minimum Gasteiger partial charge on any atom is -0.451 e. The summed E-state index contributed by atoms with van der Waals surface area (Å²) in [6.45, 7) is 3.52. The second kappa shape index (κ2) is 6.62. The van der Waals surface area contributed by atoms with Gasteiger partial charge in [0.15, 0.2) is 5.76 Å². The number of nitrogens with one attached hydrogen (secondary N) is 2. The van der Waals surface area contributed by atoms with Crippen LogP contribution in [0.25, 0.3) is 11.0 Å². The number of benzene rings is 2. The number of hydrogen-bond acceptors (Lipinski definition) is 4. The lowest BCUT2D eigenvalue weighted by molar-refractivity contribution is 0.0918. The van der Waals surface area contributed by atoms with E-state index >= 15 is 0 Å². The maximum atomic E-state index is 12.3. The molecule has 1 heterocycles. The quantitative estimate of drug-likeness (QED) is 0.630. The summed E-state index contributed by atoms with van der Waals surface area (Å²) in [4.78, 5) is 14.4. The Bertz CT molecular complexity index is 1070. The summed E-state index contributed by atoms with van der Waals surface area (Å²) in [5, 5.41) is 0.805. The number of aryl methyl sites for hydroxylation is 2. The highest BCUT2D eigenvalue weighted by atomic mass is 79.9. The highest BCUT2D eigenvalue weighted by Crippen LogP contribution is 2.24. The van der Waals surface area contributed by atoms with E-state index in [4.69, 9.17) is 4.42 Å². The van der Waals surface area contributed by atoms with Crippen molar-refractivity contribution in [3.63, 3.8) is 0 Å². The van der Waals surface area contributed by atoms with Gasteiger partial charge in [0, 0.05) is 15.4 Å². The molecule has 2 aromatic carbocycles. The maximum Gasteiger partial charge on any atom is 0.302 e. The van der Waals surface area contributed by atoms with Gasteiger partial charge in [0.25, 0.3) is 10.0 Å². The highest BCUT2D eigenvalue weighted by Gasteiger charge is 2.20. The summed E-state index contributed by atoms with van der Waals surface area (Å²) in [6, 6.07) is 11.8. The van der Waals surface area contributed by atoms with Crippen LogP contribution >= 0.6 is 15.9 Å². The zero-order valence-electron chi connectivity index (χ0n) is 13.5. The number of rotatable bonds is 4. The summed E-state index contributed by atoms with van der Waals surface area (Å²) < 4.78 is 30.9. The van der Waals surface area contributed by atoms with Crippen LogP contribution in [0, 0.1) is 13.8 Å². The molecule has 3 aromatic rings. The fourth-order valence-corrected chi connectivity index (χ4v) is 3.58. The third-order valence-corrected chi connectivity index (χ3v) is 5.92.